The Kier molecular flexibility index (Phi) is 2.32. The Bertz CT molecular complexity index is 464. The maximum atomic E-state index is 11.7. The van der Waals surface area contributed by atoms with Gasteiger partial charge in [-0.1, -0.05) is 6.92 Å². The van der Waals surface area contributed by atoms with E-state index in [0.29, 0.717) is 23.8 Å². The average Bonchev–Trinajstić information content (AvgIpc) is 2.68. The van der Waals surface area contributed by atoms with Crippen LogP contribution in [0.25, 0.3) is 11.5 Å². The molecule has 2 heterocycles. The Morgan fingerprint density at radius 2 is 2.27 bits per heavy atom. The molecular formula is C9H11N5O. The van der Waals surface area contributed by atoms with Gasteiger partial charge in [-0.25, -0.2) is 15.0 Å². The van der Waals surface area contributed by atoms with Crippen molar-refractivity contribution in [2.24, 2.45) is 0 Å². The summed E-state index contributed by atoms with van der Waals surface area (Å²) in [6, 6.07) is 0. The van der Waals surface area contributed by atoms with Crippen molar-refractivity contribution in [1.82, 2.24) is 19.5 Å². The number of fused-ring (bicyclic) bond motifs is 1. The predicted octanol–water partition coefficient (Wildman–Crippen LogP) is 0.800. The number of hydrogen-bond donors (Lipinski definition) is 1. The van der Waals surface area contributed by atoms with Gasteiger partial charge in [-0.2, -0.15) is 0 Å². The van der Waals surface area contributed by atoms with Gasteiger partial charge >= 0.3 is 0 Å². The van der Waals surface area contributed by atoms with Crippen molar-refractivity contribution in [2.75, 3.05) is 5.73 Å². The first-order chi connectivity index (χ1) is 7.24. The molecular weight excluding hydrogens is 194 g/mol. The van der Waals surface area contributed by atoms with Crippen molar-refractivity contribution in [1.29, 1.82) is 0 Å². The fraction of sp³-hybridized carbons (Fsp3) is 0.333. The molecule has 0 amide bonds. The third kappa shape index (κ3) is 1.54. The molecule has 2 rings (SSSR count). The zero-order valence-electron chi connectivity index (χ0n) is 8.34. The molecule has 6 nitrogen and oxygen atoms in total. The Balaban J connectivity index is 2.49. The maximum absolute atomic E-state index is 11.7. The number of nitrogens with zero attached hydrogens (tertiary/aromatic N) is 4. The van der Waals surface area contributed by atoms with Crippen molar-refractivity contribution in [2.45, 2.75) is 19.8 Å². The number of carbonyl (C=O) groups excluding carboxylic acids is 1. The van der Waals surface area contributed by atoms with Crippen molar-refractivity contribution >= 4 is 11.7 Å². The summed E-state index contributed by atoms with van der Waals surface area (Å²) in [5.74, 6) is 0.722. The van der Waals surface area contributed by atoms with Crippen LogP contribution in [-0.4, -0.2) is 25.4 Å². The Hall–Kier alpha value is -1.98. The summed E-state index contributed by atoms with van der Waals surface area (Å²) in [6.07, 6.45) is 4.01. The van der Waals surface area contributed by atoms with Crippen LogP contribution < -0.4 is 5.73 Å². The van der Waals surface area contributed by atoms with Gasteiger partial charge in [-0.05, 0) is 6.42 Å². The predicted molar refractivity (Wildman–Crippen MR) is 54.4 cm³/mol. The Morgan fingerprint density at radius 3 is 3.00 bits per heavy atom. The topological polar surface area (TPSA) is 86.7 Å². The van der Waals surface area contributed by atoms with Crippen LogP contribution in [-0.2, 0) is 0 Å². The number of imidazole rings is 1. The normalized spacial score (nSPS) is 10.7. The lowest BCUT2D eigenvalue weighted by Crippen LogP contribution is -2.15. The van der Waals surface area contributed by atoms with Crippen molar-refractivity contribution in [3.63, 3.8) is 0 Å². The Labute approximate surface area is 86.5 Å². The van der Waals surface area contributed by atoms with Crippen LogP contribution in [0.1, 0.15) is 24.6 Å². The molecule has 0 atom stereocenters. The highest BCUT2D eigenvalue weighted by atomic mass is 16.2. The summed E-state index contributed by atoms with van der Waals surface area (Å²) in [5.41, 5.74) is 6.08. The third-order valence-electron chi connectivity index (χ3n) is 2.09. The largest absolute Gasteiger partial charge is 0.382 e. The minimum absolute atomic E-state index is 0.0458. The van der Waals surface area contributed by atoms with Crippen LogP contribution in [0.15, 0.2) is 12.7 Å². The van der Waals surface area contributed by atoms with E-state index < -0.39 is 0 Å². The van der Waals surface area contributed by atoms with E-state index in [1.807, 2.05) is 6.92 Å². The second-order valence-corrected chi connectivity index (χ2v) is 3.19. The van der Waals surface area contributed by atoms with Gasteiger partial charge in [0.25, 0.3) is 0 Å². The number of aromatic nitrogens is 4. The molecule has 0 aromatic carbocycles. The first kappa shape index (κ1) is 9.57. The van der Waals surface area contributed by atoms with E-state index in [-0.39, 0.29) is 5.91 Å². The molecule has 6 heteroatoms. The van der Waals surface area contributed by atoms with Crippen molar-refractivity contribution < 1.29 is 4.79 Å². The second kappa shape index (κ2) is 3.64. The molecule has 2 aliphatic heterocycles. The number of nitrogen functional groups attached to an aromatic ring is 1. The molecule has 2 N–H and O–H groups in total. The highest BCUT2D eigenvalue weighted by molar-refractivity contribution is 5.84. The second-order valence-electron chi connectivity index (χ2n) is 3.19. The summed E-state index contributed by atoms with van der Waals surface area (Å²) in [4.78, 5) is 23.5. The third-order valence-corrected chi connectivity index (χ3v) is 2.09. The van der Waals surface area contributed by atoms with Gasteiger partial charge in [-0.15, -0.1) is 0 Å². The average molecular weight is 205 g/mol. The number of anilines is 1. The fourth-order valence-electron chi connectivity index (χ4n) is 1.37. The van der Waals surface area contributed by atoms with Crippen LogP contribution >= 0.6 is 0 Å². The molecule has 0 unspecified atom stereocenters. The van der Waals surface area contributed by atoms with Crippen LogP contribution in [0, 0.1) is 0 Å². The van der Waals surface area contributed by atoms with Crippen LogP contribution in [0.3, 0.4) is 0 Å². The summed E-state index contributed by atoms with van der Waals surface area (Å²) >= 11 is 0. The lowest BCUT2D eigenvalue weighted by atomic mass is 10.3. The van der Waals surface area contributed by atoms with Gasteiger partial charge in [0.15, 0.2) is 17.3 Å². The van der Waals surface area contributed by atoms with E-state index in [1.54, 1.807) is 0 Å². The van der Waals surface area contributed by atoms with Crippen LogP contribution in [0.5, 0.6) is 0 Å². The molecule has 0 aromatic heterocycles. The molecule has 2 aliphatic rings. The van der Waals surface area contributed by atoms with E-state index in [1.165, 1.54) is 17.2 Å². The van der Waals surface area contributed by atoms with Gasteiger partial charge in [-0.3, -0.25) is 9.36 Å². The molecule has 0 fully saturated rings. The van der Waals surface area contributed by atoms with E-state index in [9.17, 15) is 4.79 Å². The summed E-state index contributed by atoms with van der Waals surface area (Å²) in [7, 11) is 0. The molecule has 0 saturated heterocycles. The van der Waals surface area contributed by atoms with Gasteiger partial charge in [0, 0.05) is 6.42 Å². The van der Waals surface area contributed by atoms with Gasteiger partial charge in [0.2, 0.25) is 5.91 Å². The number of nitrogens with two attached hydrogens (primary N) is 1. The van der Waals surface area contributed by atoms with Gasteiger partial charge in [0.1, 0.15) is 12.7 Å². The maximum Gasteiger partial charge on any atom is 0.233 e. The summed E-state index contributed by atoms with van der Waals surface area (Å²) in [6.45, 7) is 1.94. The molecule has 78 valence electrons. The lowest BCUT2D eigenvalue weighted by molar-refractivity contribution is 0.0901. The van der Waals surface area contributed by atoms with E-state index >= 15 is 0 Å². The van der Waals surface area contributed by atoms with Gasteiger partial charge in [0.05, 0.1) is 0 Å². The zero-order chi connectivity index (χ0) is 10.8. The van der Waals surface area contributed by atoms with Crippen molar-refractivity contribution in [3.05, 3.63) is 12.7 Å². The molecule has 0 bridgehead atoms. The van der Waals surface area contributed by atoms with Gasteiger partial charge < -0.3 is 5.73 Å². The number of rotatable bonds is 2. The SMILES string of the molecule is CCCC(=O)n1cnc(N)c2ncnc1-2. The van der Waals surface area contributed by atoms with E-state index in [4.69, 9.17) is 5.73 Å². The molecule has 0 aromatic rings. The highest BCUT2D eigenvalue weighted by Gasteiger charge is 2.17. The molecule has 0 spiro atoms. The Morgan fingerprint density at radius 1 is 1.47 bits per heavy atom. The van der Waals surface area contributed by atoms with E-state index in [0.717, 1.165) is 6.42 Å². The zero-order valence-corrected chi connectivity index (χ0v) is 8.34. The molecule has 0 aliphatic carbocycles. The van der Waals surface area contributed by atoms with Crippen LogP contribution in [0.2, 0.25) is 0 Å². The first-order valence-corrected chi connectivity index (χ1v) is 4.70. The smallest absolute Gasteiger partial charge is 0.233 e. The van der Waals surface area contributed by atoms with Crippen LogP contribution in [0.4, 0.5) is 5.82 Å². The fourth-order valence-corrected chi connectivity index (χ4v) is 1.37. The lowest BCUT2D eigenvalue weighted by Gasteiger charge is -2.08. The standard InChI is InChI=1S/C9H11N5O/c1-2-3-6(15)14-5-13-8(10)7-9(14)12-4-11-7/h4-5H,2-3,10H2,1H3. The molecule has 0 radical (unpaired) electrons. The highest BCUT2D eigenvalue weighted by Crippen LogP contribution is 2.21. The van der Waals surface area contributed by atoms with E-state index in [2.05, 4.69) is 15.0 Å². The minimum atomic E-state index is -0.0458. The summed E-state index contributed by atoms with van der Waals surface area (Å²) < 4.78 is 1.39. The molecule has 0 saturated carbocycles. The van der Waals surface area contributed by atoms with Crippen molar-refractivity contribution in [3.8, 4) is 11.5 Å². The first-order valence-electron chi connectivity index (χ1n) is 4.70. The number of hydrogen-bond acceptors (Lipinski definition) is 5. The molecule has 15 heavy (non-hydrogen) atoms. The monoisotopic (exact) mass is 205 g/mol. The summed E-state index contributed by atoms with van der Waals surface area (Å²) in [5, 5.41) is 0. The quantitative estimate of drug-likeness (QED) is 0.783. The number of carbonyl (C=O) groups is 1. The minimum Gasteiger partial charge on any atom is -0.382 e.